The number of anilines is 1. The van der Waals surface area contributed by atoms with E-state index >= 15 is 0 Å². The largest absolute Gasteiger partial charge is 0.465 e. The van der Waals surface area contributed by atoms with Gasteiger partial charge < -0.3 is 14.4 Å². The Balaban J connectivity index is 1.83. The Kier molecular flexibility index (Phi) is 6.49. The van der Waals surface area contributed by atoms with Crippen molar-refractivity contribution in [3.8, 4) is 0 Å². The van der Waals surface area contributed by atoms with Crippen LogP contribution in [-0.2, 0) is 19.1 Å². The molecule has 2 amide bonds. The second-order valence-corrected chi connectivity index (χ2v) is 7.17. The first kappa shape index (κ1) is 20.8. The number of amides is 2. The summed E-state index contributed by atoms with van der Waals surface area (Å²) < 4.78 is 10.0. The Morgan fingerprint density at radius 3 is 2.72 bits per heavy atom. The topological polar surface area (TPSA) is 119 Å². The van der Waals surface area contributed by atoms with Crippen molar-refractivity contribution >= 4 is 46.3 Å². The number of esters is 1. The fourth-order valence-corrected chi connectivity index (χ4v) is 3.81. The number of hydrogen-bond acceptors (Lipinski definition) is 9. The molecule has 0 aromatic heterocycles. The molecule has 3 rings (SSSR count). The van der Waals surface area contributed by atoms with Crippen LogP contribution in [0.5, 0.6) is 0 Å². The zero-order valence-electron chi connectivity index (χ0n) is 15.7. The monoisotopic (exact) mass is 421 g/mol. The number of nitrogens with zero attached hydrogens (tertiary/aromatic N) is 3. The summed E-state index contributed by atoms with van der Waals surface area (Å²) in [6, 6.07) is 4.64. The molecule has 10 nitrogen and oxygen atoms in total. The second kappa shape index (κ2) is 9.05. The van der Waals surface area contributed by atoms with E-state index < -0.39 is 28.6 Å². The number of nitro benzene ring substituents is 1. The fraction of sp³-hybridized carbons (Fsp3) is 0.389. The zero-order valence-corrected chi connectivity index (χ0v) is 16.5. The van der Waals surface area contributed by atoms with Crippen molar-refractivity contribution in [1.29, 1.82) is 0 Å². The average molecular weight is 421 g/mol. The van der Waals surface area contributed by atoms with E-state index in [0.717, 1.165) is 4.90 Å². The van der Waals surface area contributed by atoms with Gasteiger partial charge in [0.2, 0.25) is 0 Å². The molecule has 0 saturated carbocycles. The first-order chi connectivity index (χ1) is 13.9. The minimum absolute atomic E-state index is 0.0905. The molecule has 0 atom stereocenters. The molecule has 2 saturated heterocycles. The lowest BCUT2D eigenvalue weighted by atomic mass is 10.1. The Morgan fingerprint density at radius 2 is 2.07 bits per heavy atom. The van der Waals surface area contributed by atoms with Crippen molar-refractivity contribution in [3.63, 3.8) is 0 Å². The molecule has 0 N–H and O–H groups in total. The standard InChI is InChI=1S/C18H19N3O7S/c1-2-28-16(22)11-20-17(23)15(29-18(20)24)10-12-3-4-13(14(9-12)21(25)26)19-5-7-27-8-6-19/h3-4,9-10H,2,5-8,11H2,1H3/b15-10-. The highest BCUT2D eigenvalue weighted by molar-refractivity contribution is 8.18. The van der Waals surface area contributed by atoms with E-state index in [4.69, 9.17) is 9.47 Å². The van der Waals surface area contributed by atoms with Gasteiger partial charge in [0.15, 0.2) is 0 Å². The second-order valence-electron chi connectivity index (χ2n) is 6.18. The van der Waals surface area contributed by atoms with Crippen LogP contribution in [-0.4, -0.2) is 66.4 Å². The van der Waals surface area contributed by atoms with E-state index in [-0.39, 0.29) is 17.2 Å². The van der Waals surface area contributed by atoms with Gasteiger partial charge in [-0.1, -0.05) is 6.07 Å². The van der Waals surface area contributed by atoms with Crippen LogP contribution in [0.4, 0.5) is 16.2 Å². The molecule has 29 heavy (non-hydrogen) atoms. The van der Waals surface area contributed by atoms with E-state index in [9.17, 15) is 24.5 Å². The normalized spacial score (nSPS) is 18.4. The van der Waals surface area contributed by atoms with Gasteiger partial charge >= 0.3 is 5.97 Å². The van der Waals surface area contributed by atoms with E-state index in [1.54, 1.807) is 19.1 Å². The molecule has 154 valence electrons. The van der Waals surface area contributed by atoms with Crippen LogP contribution in [0, 0.1) is 10.1 Å². The van der Waals surface area contributed by atoms with Crippen LogP contribution < -0.4 is 4.90 Å². The van der Waals surface area contributed by atoms with Crippen molar-refractivity contribution < 1.29 is 28.8 Å². The molecule has 0 radical (unpaired) electrons. The molecule has 11 heteroatoms. The molecule has 1 aromatic carbocycles. The molecule has 0 aliphatic carbocycles. The maximum absolute atomic E-state index is 12.4. The zero-order chi connectivity index (χ0) is 21.0. The molecular formula is C18H19N3O7S. The summed E-state index contributed by atoms with van der Waals surface area (Å²) in [6.07, 6.45) is 1.41. The third kappa shape index (κ3) is 4.74. The molecule has 0 unspecified atom stereocenters. The number of nitro groups is 1. The van der Waals surface area contributed by atoms with Crippen molar-refractivity contribution in [3.05, 3.63) is 38.8 Å². The van der Waals surface area contributed by atoms with Crippen LogP contribution in [0.2, 0.25) is 0 Å². The highest BCUT2D eigenvalue weighted by Gasteiger charge is 2.36. The highest BCUT2D eigenvalue weighted by atomic mass is 32.2. The predicted molar refractivity (Wildman–Crippen MR) is 105 cm³/mol. The Morgan fingerprint density at radius 1 is 1.34 bits per heavy atom. The van der Waals surface area contributed by atoms with Gasteiger partial charge in [-0.2, -0.15) is 0 Å². The summed E-state index contributed by atoms with van der Waals surface area (Å²) in [7, 11) is 0. The van der Waals surface area contributed by atoms with Gasteiger partial charge in [0, 0.05) is 19.2 Å². The number of ether oxygens (including phenoxy) is 2. The molecule has 2 fully saturated rings. The number of hydrogen-bond donors (Lipinski definition) is 0. The fourth-order valence-electron chi connectivity index (χ4n) is 2.97. The summed E-state index contributed by atoms with van der Waals surface area (Å²) >= 11 is 0.677. The lowest BCUT2D eigenvalue weighted by Gasteiger charge is -2.28. The van der Waals surface area contributed by atoms with Gasteiger partial charge in [0.05, 0.1) is 29.6 Å². The predicted octanol–water partition coefficient (Wildman–Crippen LogP) is 2.03. The van der Waals surface area contributed by atoms with Gasteiger partial charge in [-0.15, -0.1) is 0 Å². The van der Waals surface area contributed by atoms with Gasteiger partial charge in [0.25, 0.3) is 16.8 Å². The average Bonchev–Trinajstić information content (AvgIpc) is 2.96. The van der Waals surface area contributed by atoms with Crippen LogP contribution in [0.15, 0.2) is 23.1 Å². The molecule has 1 aromatic rings. The minimum atomic E-state index is -0.679. The number of morpholine rings is 1. The van der Waals surface area contributed by atoms with E-state index in [1.165, 1.54) is 12.1 Å². The molecule has 0 bridgehead atoms. The van der Waals surface area contributed by atoms with Crippen LogP contribution in [0.3, 0.4) is 0 Å². The highest BCUT2D eigenvalue weighted by Crippen LogP contribution is 2.35. The summed E-state index contributed by atoms with van der Waals surface area (Å²) in [5.74, 6) is -1.31. The maximum Gasteiger partial charge on any atom is 0.326 e. The lowest BCUT2D eigenvalue weighted by Crippen LogP contribution is -2.36. The van der Waals surface area contributed by atoms with Crippen molar-refractivity contribution in [2.75, 3.05) is 44.4 Å². The third-order valence-corrected chi connectivity index (χ3v) is 5.22. The lowest BCUT2D eigenvalue weighted by molar-refractivity contribution is -0.384. The summed E-state index contributed by atoms with van der Waals surface area (Å²) in [5.41, 5.74) is 0.799. The van der Waals surface area contributed by atoms with Crippen molar-refractivity contribution in [2.45, 2.75) is 6.92 Å². The quantitative estimate of drug-likeness (QED) is 0.294. The van der Waals surface area contributed by atoms with E-state index in [1.807, 2.05) is 4.90 Å². The van der Waals surface area contributed by atoms with E-state index in [0.29, 0.717) is 49.3 Å². The number of carbonyl (C=O) groups excluding carboxylic acids is 3. The molecule has 2 aliphatic heterocycles. The van der Waals surface area contributed by atoms with E-state index in [2.05, 4.69) is 0 Å². The summed E-state index contributed by atoms with van der Waals surface area (Å²) in [5, 5.41) is 11.0. The smallest absolute Gasteiger partial charge is 0.326 e. The molecular weight excluding hydrogens is 402 g/mol. The Bertz CT molecular complexity index is 880. The number of imide groups is 1. The molecule has 2 heterocycles. The minimum Gasteiger partial charge on any atom is -0.465 e. The third-order valence-electron chi connectivity index (χ3n) is 4.31. The van der Waals surface area contributed by atoms with Crippen LogP contribution in [0.25, 0.3) is 6.08 Å². The van der Waals surface area contributed by atoms with Crippen molar-refractivity contribution in [2.24, 2.45) is 0 Å². The SMILES string of the molecule is CCOC(=O)CN1C(=O)S/C(=C\c2ccc(N3CCOCC3)c([N+](=O)[O-])c2)C1=O. The van der Waals surface area contributed by atoms with Gasteiger partial charge in [-0.05, 0) is 36.4 Å². The summed E-state index contributed by atoms with van der Waals surface area (Å²) in [4.78, 5) is 49.9. The van der Waals surface area contributed by atoms with Crippen LogP contribution >= 0.6 is 11.8 Å². The molecule has 0 spiro atoms. The summed E-state index contributed by atoms with van der Waals surface area (Å²) in [6.45, 7) is 3.38. The number of rotatable bonds is 6. The Hall–Kier alpha value is -2.92. The van der Waals surface area contributed by atoms with Gasteiger partial charge in [-0.3, -0.25) is 29.4 Å². The first-order valence-electron chi connectivity index (χ1n) is 8.93. The number of benzene rings is 1. The first-order valence-corrected chi connectivity index (χ1v) is 9.74. The molecule has 2 aliphatic rings. The van der Waals surface area contributed by atoms with Crippen LogP contribution in [0.1, 0.15) is 12.5 Å². The Labute approximate surface area is 170 Å². The maximum atomic E-state index is 12.4. The van der Waals surface area contributed by atoms with Crippen molar-refractivity contribution in [1.82, 2.24) is 4.90 Å². The van der Waals surface area contributed by atoms with Gasteiger partial charge in [-0.25, -0.2) is 0 Å². The number of carbonyl (C=O) groups is 3. The number of thioether (sulfide) groups is 1. The van der Waals surface area contributed by atoms with Gasteiger partial charge in [0.1, 0.15) is 12.2 Å².